The second-order valence-electron chi connectivity index (χ2n) is 3.89. The molecular formula is C12H15BrFNOS. The first-order valence-electron chi connectivity index (χ1n) is 5.26. The van der Waals surface area contributed by atoms with Gasteiger partial charge in [-0.05, 0) is 52.1 Å². The van der Waals surface area contributed by atoms with Crippen LogP contribution in [0.2, 0.25) is 0 Å². The number of carbonyl (C=O) groups excluding carboxylic acids is 1. The fourth-order valence-corrected chi connectivity index (χ4v) is 2.60. The minimum atomic E-state index is -0.357. The number of amides is 1. The molecule has 0 fully saturated rings. The summed E-state index contributed by atoms with van der Waals surface area (Å²) in [5.74, 6) is 0.896. The molecule has 0 bridgehead atoms. The summed E-state index contributed by atoms with van der Waals surface area (Å²) in [5, 5.41) is 2.84. The third-order valence-corrected chi connectivity index (χ3v) is 3.80. The molecule has 1 amide bonds. The van der Waals surface area contributed by atoms with E-state index in [0.717, 1.165) is 5.75 Å². The molecule has 2 nitrogen and oxygen atoms in total. The van der Waals surface area contributed by atoms with E-state index in [9.17, 15) is 9.18 Å². The van der Waals surface area contributed by atoms with E-state index in [1.807, 2.05) is 6.26 Å². The Morgan fingerprint density at radius 3 is 2.88 bits per heavy atom. The first-order chi connectivity index (χ1) is 8.04. The Balaban J connectivity index is 2.58. The van der Waals surface area contributed by atoms with Crippen LogP contribution in [0.5, 0.6) is 0 Å². The number of rotatable bonds is 5. The van der Waals surface area contributed by atoms with Crippen LogP contribution in [0.3, 0.4) is 0 Å². The largest absolute Gasteiger partial charge is 0.352 e. The smallest absolute Gasteiger partial charge is 0.252 e. The average Bonchev–Trinajstić information content (AvgIpc) is 2.26. The topological polar surface area (TPSA) is 29.1 Å². The summed E-state index contributed by atoms with van der Waals surface area (Å²) < 4.78 is 13.3. The minimum Gasteiger partial charge on any atom is -0.352 e. The van der Waals surface area contributed by atoms with Gasteiger partial charge in [0.05, 0.1) is 5.56 Å². The molecule has 0 heterocycles. The summed E-state index contributed by atoms with van der Waals surface area (Å²) in [6, 6.07) is 4.05. The van der Waals surface area contributed by atoms with Crippen molar-refractivity contribution in [2.24, 2.45) is 5.92 Å². The number of carbonyl (C=O) groups is 1. The van der Waals surface area contributed by atoms with Crippen molar-refractivity contribution in [3.8, 4) is 0 Å². The molecule has 1 aromatic rings. The van der Waals surface area contributed by atoms with Crippen LogP contribution in [0.4, 0.5) is 4.39 Å². The molecule has 17 heavy (non-hydrogen) atoms. The van der Waals surface area contributed by atoms with Gasteiger partial charge in [-0.1, -0.05) is 6.92 Å². The first-order valence-corrected chi connectivity index (χ1v) is 7.45. The number of benzene rings is 1. The van der Waals surface area contributed by atoms with Gasteiger partial charge in [-0.15, -0.1) is 0 Å². The molecule has 0 saturated carbocycles. The lowest BCUT2D eigenvalue weighted by atomic mass is 10.2. The van der Waals surface area contributed by atoms with Crippen LogP contribution in [-0.4, -0.2) is 24.5 Å². The monoisotopic (exact) mass is 319 g/mol. The van der Waals surface area contributed by atoms with Gasteiger partial charge in [0, 0.05) is 11.0 Å². The van der Waals surface area contributed by atoms with Crippen molar-refractivity contribution in [2.45, 2.75) is 6.92 Å². The number of hydrogen-bond acceptors (Lipinski definition) is 2. The summed E-state index contributed by atoms with van der Waals surface area (Å²) in [6.45, 7) is 2.71. The van der Waals surface area contributed by atoms with Crippen molar-refractivity contribution in [3.05, 3.63) is 34.1 Å². The van der Waals surface area contributed by atoms with Crippen LogP contribution in [0.1, 0.15) is 17.3 Å². The zero-order valence-electron chi connectivity index (χ0n) is 9.80. The number of halogens is 2. The standard InChI is InChI=1S/C12H15BrFNOS/c1-8(7-17-2)6-15-12(16)10-4-3-9(14)5-11(10)13/h3-5,8H,6-7H2,1-2H3,(H,15,16). The molecule has 1 atom stereocenters. The van der Waals surface area contributed by atoms with Crippen molar-refractivity contribution < 1.29 is 9.18 Å². The summed E-state index contributed by atoms with van der Waals surface area (Å²) >= 11 is 4.93. The maximum absolute atomic E-state index is 12.9. The van der Waals surface area contributed by atoms with E-state index >= 15 is 0 Å². The molecule has 0 aliphatic carbocycles. The SMILES string of the molecule is CSCC(C)CNC(=O)c1ccc(F)cc1Br. The molecule has 0 aliphatic rings. The van der Waals surface area contributed by atoms with E-state index in [1.54, 1.807) is 11.8 Å². The van der Waals surface area contributed by atoms with E-state index in [2.05, 4.69) is 28.2 Å². The van der Waals surface area contributed by atoms with Gasteiger partial charge in [-0.2, -0.15) is 11.8 Å². The summed E-state index contributed by atoms with van der Waals surface area (Å²) in [6.07, 6.45) is 2.04. The van der Waals surface area contributed by atoms with Crippen molar-refractivity contribution in [2.75, 3.05) is 18.6 Å². The maximum atomic E-state index is 12.9. The Hall–Kier alpha value is -0.550. The zero-order chi connectivity index (χ0) is 12.8. The number of hydrogen-bond donors (Lipinski definition) is 1. The fourth-order valence-electron chi connectivity index (χ4n) is 1.38. The Morgan fingerprint density at radius 1 is 1.59 bits per heavy atom. The van der Waals surface area contributed by atoms with Crippen molar-refractivity contribution in [1.29, 1.82) is 0 Å². The van der Waals surface area contributed by atoms with Gasteiger partial charge in [0.1, 0.15) is 5.82 Å². The highest BCUT2D eigenvalue weighted by Crippen LogP contribution is 2.17. The highest BCUT2D eigenvalue weighted by atomic mass is 79.9. The van der Waals surface area contributed by atoms with Crippen LogP contribution in [0, 0.1) is 11.7 Å². The molecule has 1 unspecified atom stereocenters. The van der Waals surface area contributed by atoms with E-state index in [4.69, 9.17) is 0 Å². The van der Waals surface area contributed by atoms with Gasteiger partial charge in [-0.25, -0.2) is 4.39 Å². The van der Waals surface area contributed by atoms with Crippen LogP contribution >= 0.6 is 27.7 Å². The van der Waals surface area contributed by atoms with E-state index < -0.39 is 0 Å². The van der Waals surface area contributed by atoms with E-state index in [-0.39, 0.29) is 11.7 Å². The molecule has 0 aromatic heterocycles. The molecule has 0 aliphatic heterocycles. The lowest BCUT2D eigenvalue weighted by Gasteiger charge is -2.11. The lowest BCUT2D eigenvalue weighted by molar-refractivity contribution is 0.0948. The fraction of sp³-hybridized carbons (Fsp3) is 0.417. The third-order valence-electron chi connectivity index (χ3n) is 2.24. The van der Waals surface area contributed by atoms with E-state index in [0.29, 0.717) is 22.5 Å². The Bertz CT molecular complexity index is 400. The highest BCUT2D eigenvalue weighted by molar-refractivity contribution is 9.10. The first kappa shape index (κ1) is 14.5. The zero-order valence-corrected chi connectivity index (χ0v) is 12.2. The molecule has 1 N–H and O–H groups in total. The Labute approximate surface area is 113 Å². The summed E-state index contributed by atoms with van der Waals surface area (Å²) in [5.41, 5.74) is 0.461. The summed E-state index contributed by atoms with van der Waals surface area (Å²) in [4.78, 5) is 11.8. The number of thioether (sulfide) groups is 1. The molecule has 0 saturated heterocycles. The normalized spacial score (nSPS) is 12.2. The van der Waals surface area contributed by atoms with E-state index in [1.165, 1.54) is 18.2 Å². The van der Waals surface area contributed by atoms with Gasteiger partial charge in [0.15, 0.2) is 0 Å². The molecule has 0 radical (unpaired) electrons. The van der Waals surface area contributed by atoms with Gasteiger partial charge >= 0.3 is 0 Å². The van der Waals surface area contributed by atoms with Crippen LogP contribution in [0.15, 0.2) is 22.7 Å². The van der Waals surface area contributed by atoms with Crippen LogP contribution in [-0.2, 0) is 0 Å². The van der Waals surface area contributed by atoms with Gasteiger partial charge in [0.25, 0.3) is 5.91 Å². The van der Waals surface area contributed by atoms with Gasteiger partial charge in [0.2, 0.25) is 0 Å². The van der Waals surface area contributed by atoms with Gasteiger partial charge in [-0.3, -0.25) is 4.79 Å². The molecule has 94 valence electrons. The van der Waals surface area contributed by atoms with Crippen LogP contribution < -0.4 is 5.32 Å². The van der Waals surface area contributed by atoms with Crippen LogP contribution in [0.25, 0.3) is 0 Å². The molecular weight excluding hydrogens is 305 g/mol. The molecule has 0 spiro atoms. The molecule has 1 rings (SSSR count). The van der Waals surface area contributed by atoms with Crippen molar-refractivity contribution in [3.63, 3.8) is 0 Å². The maximum Gasteiger partial charge on any atom is 0.252 e. The van der Waals surface area contributed by atoms with Gasteiger partial charge < -0.3 is 5.32 Å². The Kier molecular flexibility index (Phi) is 5.98. The second kappa shape index (κ2) is 7.01. The Morgan fingerprint density at radius 2 is 2.29 bits per heavy atom. The van der Waals surface area contributed by atoms with Crippen molar-refractivity contribution in [1.82, 2.24) is 5.32 Å². The number of nitrogens with one attached hydrogen (secondary N) is 1. The third kappa shape index (κ3) is 4.68. The average molecular weight is 320 g/mol. The molecule has 1 aromatic carbocycles. The second-order valence-corrected chi connectivity index (χ2v) is 5.66. The lowest BCUT2D eigenvalue weighted by Crippen LogP contribution is -2.29. The highest BCUT2D eigenvalue weighted by Gasteiger charge is 2.11. The molecule has 5 heteroatoms. The minimum absolute atomic E-state index is 0.176. The van der Waals surface area contributed by atoms with Crippen molar-refractivity contribution >= 4 is 33.6 Å². The summed E-state index contributed by atoms with van der Waals surface area (Å²) in [7, 11) is 0. The quantitative estimate of drug-likeness (QED) is 0.902. The predicted octanol–water partition coefficient (Wildman–Crippen LogP) is 3.32. The predicted molar refractivity (Wildman–Crippen MR) is 74.0 cm³/mol.